The molecule has 0 saturated carbocycles. The highest BCUT2D eigenvalue weighted by Gasteiger charge is 2.22. The molecule has 0 aliphatic rings. The normalized spacial score (nSPS) is 12.2. The molecule has 1 amide bonds. The third kappa shape index (κ3) is 4.96. The Labute approximate surface area is 172 Å². The van der Waals surface area contributed by atoms with E-state index < -0.39 is 0 Å². The van der Waals surface area contributed by atoms with Gasteiger partial charge in [0.2, 0.25) is 5.91 Å². The number of para-hydroxylation sites is 1. The van der Waals surface area contributed by atoms with Crippen molar-refractivity contribution in [2.24, 2.45) is 7.05 Å². The molecule has 1 atom stereocenters. The van der Waals surface area contributed by atoms with Crippen molar-refractivity contribution in [3.63, 3.8) is 0 Å². The summed E-state index contributed by atoms with van der Waals surface area (Å²) in [4.78, 5) is 12.7. The number of nitrogens with one attached hydrogen (secondary N) is 1. The fraction of sp³-hybridized carbons (Fsp3) is 0.375. The standard InChI is InChI=1S/C24H29ClN2O/c1-3-4-5-8-15-26-24(28)16-21(18-11-13-19(25)14-12-18)22-17-27(2)23-10-7-6-9-20(22)23/h6-7,9-14,17,21H,3-5,8,15-16H2,1-2H3,(H,26,28)/t21-/m1/s1. The Bertz CT molecular complexity index is 914. The fourth-order valence-corrected chi connectivity index (χ4v) is 3.92. The lowest BCUT2D eigenvalue weighted by Gasteiger charge is -2.17. The van der Waals surface area contributed by atoms with Crippen LogP contribution in [0.1, 0.15) is 56.1 Å². The molecule has 3 aromatic rings. The fourth-order valence-electron chi connectivity index (χ4n) is 3.79. The average molecular weight is 397 g/mol. The molecule has 1 aromatic heterocycles. The molecule has 4 heteroatoms. The van der Waals surface area contributed by atoms with Gasteiger partial charge in [0.25, 0.3) is 0 Å². The molecule has 148 valence electrons. The van der Waals surface area contributed by atoms with Gasteiger partial charge < -0.3 is 9.88 Å². The first-order valence-electron chi connectivity index (χ1n) is 10.2. The molecule has 0 aliphatic heterocycles. The van der Waals surface area contributed by atoms with E-state index in [-0.39, 0.29) is 11.8 Å². The number of hydrogen-bond acceptors (Lipinski definition) is 1. The van der Waals surface area contributed by atoms with Crippen LogP contribution in [-0.4, -0.2) is 17.0 Å². The Kier molecular flexibility index (Phi) is 7.16. The molecule has 0 radical (unpaired) electrons. The number of fused-ring (bicyclic) bond motifs is 1. The summed E-state index contributed by atoms with van der Waals surface area (Å²) < 4.78 is 2.14. The number of carbonyl (C=O) groups excluding carboxylic acids is 1. The summed E-state index contributed by atoms with van der Waals surface area (Å²) in [5, 5.41) is 5.01. The number of aryl methyl sites for hydroxylation is 1. The smallest absolute Gasteiger partial charge is 0.220 e. The maximum absolute atomic E-state index is 12.7. The van der Waals surface area contributed by atoms with Crippen molar-refractivity contribution in [3.05, 3.63) is 70.9 Å². The number of rotatable bonds is 9. The first-order valence-corrected chi connectivity index (χ1v) is 10.5. The van der Waals surface area contributed by atoms with E-state index in [9.17, 15) is 4.79 Å². The quantitative estimate of drug-likeness (QED) is 0.439. The van der Waals surface area contributed by atoms with Gasteiger partial charge in [-0.15, -0.1) is 0 Å². The molecular formula is C24H29ClN2O. The second-order valence-corrected chi connectivity index (χ2v) is 7.87. The molecule has 28 heavy (non-hydrogen) atoms. The summed E-state index contributed by atoms with van der Waals surface area (Å²) >= 11 is 6.09. The van der Waals surface area contributed by atoms with Gasteiger partial charge in [0, 0.05) is 48.1 Å². The number of aromatic nitrogens is 1. The third-order valence-corrected chi connectivity index (χ3v) is 5.57. The van der Waals surface area contributed by atoms with Crippen LogP contribution < -0.4 is 5.32 Å². The molecule has 1 heterocycles. The van der Waals surface area contributed by atoms with E-state index in [1.54, 1.807) is 0 Å². The minimum atomic E-state index is -0.000918. The van der Waals surface area contributed by atoms with Gasteiger partial charge in [0.15, 0.2) is 0 Å². The zero-order valence-corrected chi connectivity index (χ0v) is 17.5. The van der Waals surface area contributed by atoms with Gasteiger partial charge in [-0.3, -0.25) is 4.79 Å². The van der Waals surface area contributed by atoms with E-state index in [1.165, 1.54) is 35.7 Å². The molecule has 3 nitrogen and oxygen atoms in total. The minimum absolute atomic E-state index is 0.000918. The van der Waals surface area contributed by atoms with Crippen molar-refractivity contribution in [1.82, 2.24) is 9.88 Å². The average Bonchev–Trinajstić information content (AvgIpc) is 3.03. The molecule has 1 N–H and O–H groups in total. The number of hydrogen-bond donors (Lipinski definition) is 1. The third-order valence-electron chi connectivity index (χ3n) is 5.32. The highest BCUT2D eigenvalue weighted by molar-refractivity contribution is 6.30. The number of carbonyl (C=O) groups is 1. The number of unbranched alkanes of at least 4 members (excludes halogenated alkanes) is 3. The molecule has 3 rings (SSSR count). The number of amides is 1. The molecule has 0 bridgehead atoms. The minimum Gasteiger partial charge on any atom is -0.356 e. The van der Waals surface area contributed by atoms with Crippen molar-refractivity contribution in [1.29, 1.82) is 0 Å². The monoisotopic (exact) mass is 396 g/mol. The van der Waals surface area contributed by atoms with E-state index in [0.717, 1.165) is 18.5 Å². The summed E-state index contributed by atoms with van der Waals surface area (Å²) in [6.45, 7) is 2.95. The van der Waals surface area contributed by atoms with Crippen LogP contribution in [0.15, 0.2) is 54.7 Å². The van der Waals surface area contributed by atoms with Crippen molar-refractivity contribution in [2.75, 3.05) is 6.54 Å². The number of benzene rings is 2. The molecule has 2 aromatic carbocycles. The largest absolute Gasteiger partial charge is 0.356 e. The van der Waals surface area contributed by atoms with Crippen molar-refractivity contribution >= 4 is 28.4 Å². The summed E-state index contributed by atoms with van der Waals surface area (Å²) in [6.07, 6.45) is 7.22. The first kappa shape index (κ1) is 20.5. The molecular weight excluding hydrogens is 368 g/mol. The lowest BCUT2D eigenvalue weighted by atomic mass is 9.88. The highest BCUT2D eigenvalue weighted by atomic mass is 35.5. The molecule has 0 unspecified atom stereocenters. The van der Waals surface area contributed by atoms with E-state index >= 15 is 0 Å². The Morgan fingerprint density at radius 1 is 1.07 bits per heavy atom. The predicted octanol–water partition coefficient (Wildman–Crippen LogP) is 6.05. The Hall–Kier alpha value is -2.26. The molecule has 0 saturated heterocycles. The van der Waals surface area contributed by atoms with Gasteiger partial charge in [-0.1, -0.05) is 68.1 Å². The number of nitrogens with zero attached hydrogens (tertiary/aromatic N) is 1. The lowest BCUT2D eigenvalue weighted by Crippen LogP contribution is -2.26. The topological polar surface area (TPSA) is 34.0 Å². The summed E-state index contributed by atoms with van der Waals surface area (Å²) in [6, 6.07) is 16.2. The Balaban J connectivity index is 1.84. The van der Waals surface area contributed by atoms with E-state index in [1.807, 2.05) is 30.3 Å². The van der Waals surface area contributed by atoms with Crippen LogP contribution in [0.25, 0.3) is 10.9 Å². The van der Waals surface area contributed by atoms with Gasteiger partial charge in [-0.2, -0.15) is 0 Å². The number of halogens is 1. The zero-order chi connectivity index (χ0) is 19.9. The van der Waals surface area contributed by atoms with Crippen LogP contribution in [0.5, 0.6) is 0 Å². The molecule has 0 aliphatic carbocycles. The zero-order valence-electron chi connectivity index (χ0n) is 16.7. The van der Waals surface area contributed by atoms with Gasteiger partial charge in [0.1, 0.15) is 0 Å². The first-order chi connectivity index (χ1) is 13.6. The van der Waals surface area contributed by atoms with Crippen LogP contribution in [0.2, 0.25) is 5.02 Å². The lowest BCUT2D eigenvalue weighted by molar-refractivity contribution is -0.121. The van der Waals surface area contributed by atoms with Crippen molar-refractivity contribution < 1.29 is 4.79 Å². The summed E-state index contributed by atoms with van der Waals surface area (Å²) in [7, 11) is 2.05. The second kappa shape index (κ2) is 9.79. The van der Waals surface area contributed by atoms with Crippen LogP contribution in [0, 0.1) is 0 Å². The van der Waals surface area contributed by atoms with Gasteiger partial charge >= 0.3 is 0 Å². The second-order valence-electron chi connectivity index (χ2n) is 7.43. The molecule has 0 spiro atoms. The van der Waals surface area contributed by atoms with E-state index in [2.05, 4.69) is 48.3 Å². The van der Waals surface area contributed by atoms with Gasteiger partial charge in [0.05, 0.1) is 0 Å². The van der Waals surface area contributed by atoms with Gasteiger partial charge in [-0.05, 0) is 35.7 Å². The van der Waals surface area contributed by atoms with E-state index in [0.29, 0.717) is 11.4 Å². The maximum Gasteiger partial charge on any atom is 0.220 e. The van der Waals surface area contributed by atoms with Crippen LogP contribution in [0.3, 0.4) is 0 Å². The van der Waals surface area contributed by atoms with Crippen molar-refractivity contribution in [3.8, 4) is 0 Å². The van der Waals surface area contributed by atoms with Crippen LogP contribution in [0.4, 0.5) is 0 Å². The molecule has 0 fully saturated rings. The van der Waals surface area contributed by atoms with E-state index in [4.69, 9.17) is 11.6 Å². The Morgan fingerprint density at radius 2 is 1.82 bits per heavy atom. The van der Waals surface area contributed by atoms with Crippen LogP contribution in [-0.2, 0) is 11.8 Å². The van der Waals surface area contributed by atoms with Gasteiger partial charge in [-0.25, -0.2) is 0 Å². The highest BCUT2D eigenvalue weighted by Crippen LogP contribution is 2.34. The summed E-state index contributed by atoms with van der Waals surface area (Å²) in [5.41, 5.74) is 3.47. The predicted molar refractivity (Wildman–Crippen MR) is 118 cm³/mol. The SMILES string of the molecule is CCCCCCNC(=O)C[C@H](c1ccc(Cl)cc1)c1cn(C)c2ccccc12. The Morgan fingerprint density at radius 3 is 2.57 bits per heavy atom. The van der Waals surface area contributed by atoms with Crippen LogP contribution >= 0.6 is 11.6 Å². The summed E-state index contributed by atoms with van der Waals surface area (Å²) in [5.74, 6) is 0.100. The van der Waals surface area contributed by atoms with Crippen molar-refractivity contribution in [2.45, 2.75) is 44.9 Å². The maximum atomic E-state index is 12.7.